The van der Waals surface area contributed by atoms with E-state index in [1.165, 1.54) is 6.92 Å². The molecule has 0 radical (unpaired) electrons. The minimum atomic E-state index is -0.372. The number of ether oxygens (including phenoxy) is 4. The fourth-order valence-corrected chi connectivity index (χ4v) is 2.29. The first-order chi connectivity index (χ1) is 14.1. The van der Waals surface area contributed by atoms with Crippen LogP contribution in [-0.4, -0.2) is 77.0 Å². The van der Waals surface area contributed by atoms with Crippen LogP contribution in [-0.2, 0) is 28.5 Å². The molecule has 2 N–H and O–H groups in total. The molecule has 0 saturated carbocycles. The number of hydrogen-bond acceptors (Lipinski definition) is 8. The molecule has 0 saturated heterocycles. The van der Waals surface area contributed by atoms with Crippen molar-refractivity contribution in [1.82, 2.24) is 0 Å². The second-order valence-electron chi connectivity index (χ2n) is 6.51. The number of unbranched alkanes of at least 4 members (excludes halogenated alkanes) is 2. The number of Topliss-reactive ketones (excluding diaryl/α,β-unsaturated/α-hetero) is 2. The molecule has 0 aromatic heterocycles. The molecule has 0 aromatic carbocycles. The fourth-order valence-electron chi connectivity index (χ4n) is 2.29. The topological polar surface area (TPSA) is 146 Å². The van der Waals surface area contributed by atoms with Crippen molar-refractivity contribution in [2.75, 3.05) is 59.4 Å². The van der Waals surface area contributed by atoms with Gasteiger partial charge in [0.2, 0.25) is 0 Å². The molecule has 0 fully saturated rings. The summed E-state index contributed by atoms with van der Waals surface area (Å²) in [5, 5.41) is 3.35. The number of carbonyl (C=O) groups is 2. The molecule has 0 aliphatic carbocycles. The molecular formula is C19H36N4O6. The van der Waals surface area contributed by atoms with Crippen molar-refractivity contribution >= 4 is 11.6 Å². The van der Waals surface area contributed by atoms with Crippen LogP contribution in [0.15, 0.2) is 5.11 Å². The van der Waals surface area contributed by atoms with Gasteiger partial charge in [0, 0.05) is 24.3 Å². The summed E-state index contributed by atoms with van der Waals surface area (Å²) < 4.78 is 21.3. The first kappa shape index (κ1) is 27.5. The molecule has 0 bridgehead atoms. The number of rotatable bonds is 22. The second kappa shape index (κ2) is 21.2. The van der Waals surface area contributed by atoms with Crippen molar-refractivity contribution in [3.05, 3.63) is 10.4 Å². The number of ketones is 2. The van der Waals surface area contributed by atoms with E-state index in [2.05, 4.69) is 10.0 Å². The summed E-state index contributed by atoms with van der Waals surface area (Å²) in [5.74, 6) is 0.205. The van der Waals surface area contributed by atoms with Crippen LogP contribution in [0.25, 0.3) is 10.4 Å². The highest BCUT2D eigenvalue weighted by atomic mass is 16.6. The zero-order valence-corrected chi connectivity index (χ0v) is 17.6. The third-order valence-electron chi connectivity index (χ3n) is 4.03. The van der Waals surface area contributed by atoms with Crippen molar-refractivity contribution in [1.29, 1.82) is 0 Å². The molecule has 0 aliphatic heterocycles. The van der Waals surface area contributed by atoms with Crippen LogP contribution in [0.2, 0.25) is 0 Å². The molecule has 0 aliphatic rings. The Morgan fingerprint density at radius 3 is 1.97 bits per heavy atom. The maximum absolute atomic E-state index is 11.7. The van der Waals surface area contributed by atoms with Gasteiger partial charge in [-0.15, -0.1) is 0 Å². The van der Waals surface area contributed by atoms with E-state index in [0.717, 1.165) is 19.3 Å². The Balaban J connectivity index is 3.23. The summed E-state index contributed by atoms with van der Waals surface area (Å²) in [7, 11) is 0. The molecule has 0 spiro atoms. The average Bonchev–Trinajstić information content (AvgIpc) is 2.70. The normalized spacial score (nSPS) is 11.8. The highest BCUT2D eigenvalue weighted by Gasteiger charge is 2.07. The summed E-state index contributed by atoms with van der Waals surface area (Å²) in [6.45, 7) is 5.36. The van der Waals surface area contributed by atoms with E-state index >= 15 is 0 Å². The SMILES string of the molecule is CC(=O)[C@H](N)CCCCCC(=O)CCOCCOCCOCCOCCN=[N+]=[N-]. The number of carbonyl (C=O) groups excluding carboxylic acids is 2. The largest absolute Gasteiger partial charge is 0.379 e. The molecule has 0 amide bonds. The molecule has 0 unspecified atom stereocenters. The average molecular weight is 417 g/mol. The Bertz CT molecular complexity index is 472. The second-order valence-corrected chi connectivity index (χ2v) is 6.51. The first-order valence-electron chi connectivity index (χ1n) is 10.2. The summed E-state index contributed by atoms with van der Waals surface area (Å²) in [6.07, 6.45) is 4.24. The molecule has 168 valence electrons. The van der Waals surface area contributed by atoms with Crippen molar-refractivity contribution in [3.63, 3.8) is 0 Å². The number of nitrogens with zero attached hydrogens (tertiary/aromatic N) is 3. The van der Waals surface area contributed by atoms with E-state index in [4.69, 9.17) is 30.2 Å². The van der Waals surface area contributed by atoms with Gasteiger partial charge in [0.15, 0.2) is 0 Å². The van der Waals surface area contributed by atoms with E-state index in [9.17, 15) is 9.59 Å². The van der Waals surface area contributed by atoms with Gasteiger partial charge < -0.3 is 24.7 Å². The lowest BCUT2D eigenvalue weighted by Crippen LogP contribution is -2.27. The van der Waals surface area contributed by atoms with Gasteiger partial charge in [-0.05, 0) is 25.3 Å². The van der Waals surface area contributed by atoms with Crippen molar-refractivity contribution in [2.45, 2.75) is 51.5 Å². The predicted molar refractivity (Wildman–Crippen MR) is 109 cm³/mol. The molecule has 0 rings (SSSR count). The fraction of sp³-hybridized carbons (Fsp3) is 0.895. The highest BCUT2D eigenvalue weighted by Crippen LogP contribution is 2.07. The third-order valence-corrected chi connectivity index (χ3v) is 4.03. The molecule has 0 aromatic rings. The van der Waals surface area contributed by atoms with Gasteiger partial charge in [-0.25, -0.2) is 0 Å². The monoisotopic (exact) mass is 416 g/mol. The van der Waals surface area contributed by atoms with Gasteiger partial charge in [0.25, 0.3) is 0 Å². The Hall–Kier alpha value is -1.55. The Labute approximate surface area is 173 Å². The van der Waals surface area contributed by atoms with Gasteiger partial charge in [-0.2, -0.15) is 0 Å². The van der Waals surface area contributed by atoms with E-state index in [0.29, 0.717) is 78.7 Å². The Morgan fingerprint density at radius 1 is 0.862 bits per heavy atom. The Morgan fingerprint density at radius 2 is 1.41 bits per heavy atom. The van der Waals surface area contributed by atoms with Crippen LogP contribution in [0.4, 0.5) is 0 Å². The molecular weight excluding hydrogens is 380 g/mol. The maximum atomic E-state index is 11.7. The van der Waals surface area contributed by atoms with E-state index in [1.54, 1.807) is 0 Å². The summed E-state index contributed by atoms with van der Waals surface area (Å²) in [4.78, 5) is 25.4. The number of hydrogen-bond donors (Lipinski definition) is 1. The predicted octanol–water partition coefficient (Wildman–Crippen LogP) is 2.19. The van der Waals surface area contributed by atoms with Crippen LogP contribution < -0.4 is 5.73 Å². The minimum Gasteiger partial charge on any atom is -0.379 e. The quantitative estimate of drug-likeness (QED) is 0.123. The maximum Gasteiger partial charge on any atom is 0.146 e. The standard InChI is InChI=1S/C19H36N4O6/c1-17(24)19(20)6-4-2-3-5-18(25)7-9-26-11-13-28-15-16-29-14-12-27-10-8-22-23-21/h19H,2-16,20H2,1H3/t19-/m1/s1. The number of azide groups is 1. The van der Waals surface area contributed by atoms with Gasteiger partial charge in [0.1, 0.15) is 11.6 Å². The lowest BCUT2D eigenvalue weighted by Gasteiger charge is -2.08. The van der Waals surface area contributed by atoms with Crippen LogP contribution in [0.3, 0.4) is 0 Å². The van der Waals surface area contributed by atoms with Crippen molar-refractivity contribution in [2.24, 2.45) is 10.8 Å². The summed E-state index contributed by atoms with van der Waals surface area (Å²) in [6, 6.07) is -0.372. The minimum absolute atomic E-state index is 0.0136. The van der Waals surface area contributed by atoms with Gasteiger partial charge >= 0.3 is 0 Å². The lowest BCUT2D eigenvalue weighted by molar-refractivity contribution is -0.120. The third kappa shape index (κ3) is 21.0. The molecule has 10 nitrogen and oxygen atoms in total. The lowest BCUT2D eigenvalue weighted by atomic mass is 10.0. The Kier molecular flexibility index (Phi) is 20.0. The van der Waals surface area contributed by atoms with E-state index < -0.39 is 0 Å². The van der Waals surface area contributed by atoms with Gasteiger partial charge in [0.05, 0.1) is 58.9 Å². The molecule has 1 atom stereocenters. The summed E-state index contributed by atoms with van der Waals surface area (Å²) >= 11 is 0. The van der Waals surface area contributed by atoms with Crippen molar-refractivity contribution < 1.29 is 28.5 Å². The first-order valence-corrected chi connectivity index (χ1v) is 10.2. The van der Waals surface area contributed by atoms with Crippen LogP contribution in [0.5, 0.6) is 0 Å². The molecule has 0 heterocycles. The zero-order valence-electron chi connectivity index (χ0n) is 17.6. The number of nitrogens with two attached hydrogens (primary N) is 1. The van der Waals surface area contributed by atoms with Gasteiger partial charge in [-0.3, -0.25) is 9.59 Å². The van der Waals surface area contributed by atoms with Crippen molar-refractivity contribution in [3.8, 4) is 0 Å². The van der Waals surface area contributed by atoms with E-state index in [1.807, 2.05) is 0 Å². The van der Waals surface area contributed by atoms with Crippen LogP contribution >= 0.6 is 0 Å². The molecule has 29 heavy (non-hydrogen) atoms. The van der Waals surface area contributed by atoms with Crippen LogP contribution in [0, 0.1) is 0 Å². The highest BCUT2D eigenvalue weighted by molar-refractivity contribution is 5.81. The summed E-state index contributed by atoms with van der Waals surface area (Å²) in [5.41, 5.74) is 13.7. The van der Waals surface area contributed by atoms with Crippen LogP contribution in [0.1, 0.15) is 45.4 Å². The molecule has 10 heteroatoms. The van der Waals surface area contributed by atoms with Gasteiger partial charge in [-0.1, -0.05) is 18.0 Å². The smallest absolute Gasteiger partial charge is 0.146 e. The van der Waals surface area contributed by atoms with E-state index in [-0.39, 0.29) is 17.6 Å². The zero-order chi connectivity index (χ0) is 21.6.